The molecule has 0 bridgehead atoms. The molecule has 0 fully saturated rings. The largest absolute Gasteiger partial charge is 0.350 e. The molecule has 3 heterocycles. The maximum absolute atomic E-state index is 5.21. The van der Waals surface area contributed by atoms with Crippen molar-refractivity contribution in [1.82, 2.24) is 4.98 Å². The summed E-state index contributed by atoms with van der Waals surface area (Å²) in [7, 11) is 2.24. The number of benzene rings is 2. The molecule has 3 atom stereocenters. The van der Waals surface area contributed by atoms with Crippen LogP contribution < -0.4 is 9.80 Å². The van der Waals surface area contributed by atoms with Gasteiger partial charge in [0, 0.05) is 29.1 Å². The van der Waals surface area contributed by atoms with Gasteiger partial charge in [0.1, 0.15) is 6.17 Å². The number of aromatic nitrogens is 1. The highest BCUT2D eigenvalue weighted by Crippen LogP contribution is 2.62. The summed E-state index contributed by atoms with van der Waals surface area (Å²) in [6, 6.07) is 23.9. The highest BCUT2D eigenvalue weighted by molar-refractivity contribution is 5.86. The van der Waals surface area contributed by atoms with Crippen molar-refractivity contribution in [2.45, 2.75) is 52.1 Å². The first-order valence-corrected chi connectivity index (χ1v) is 11.1. The summed E-state index contributed by atoms with van der Waals surface area (Å²) in [4.78, 5) is 10.2. The SMILES string of the molecule is CCC1(C)c2ccccc2N2c3nc(-c4ccccc4)ccc3N(C)C2C1(C)CC. The van der Waals surface area contributed by atoms with E-state index in [9.17, 15) is 0 Å². The van der Waals surface area contributed by atoms with Gasteiger partial charge >= 0.3 is 0 Å². The highest BCUT2D eigenvalue weighted by Gasteiger charge is 2.59. The van der Waals surface area contributed by atoms with Crippen molar-refractivity contribution in [1.29, 1.82) is 0 Å². The molecule has 2 aliphatic heterocycles. The number of hydrogen-bond donors (Lipinski definition) is 0. The Morgan fingerprint density at radius 3 is 2.23 bits per heavy atom. The van der Waals surface area contributed by atoms with E-state index in [1.165, 1.54) is 16.9 Å². The van der Waals surface area contributed by atoms with E-state index in [4.69, 9.17) is 4.98 Å². The topological polar surface area (TPSA) is 19.4 Å². The van der Waals surface area contributed by atoms with E-state index < -0.39 is 0 Å². The lowest BCUT2D eigenvalue weighted by Gasteiger charge is -2.58. The summed E-state index contributed by atoms with van der Waals surface area (Å²) in [6.07, 6.45) is 2.47. The second-order valence-corrected chi connectivity index (χ2v) is 9.23. The minimum atomic E-state index is 0.0818. The van der Waals surface area contributed by atoms with Crippen LogP contribution in [0.4, 0.5) is 17.2 Å². The van der Waals surface area contributed by atoms with E-state index >= 15 is 0 Å². The number of pyridine rings is 1. The molecule has 5 rings (SSSR count). The molecule has 0 amide bonds. The van der Waals surface area contributed by atoms with E-state index in [0.717, 1.165) is 29.9 Å². The number of anilines is 3. The first-order chi connectivity index (χ1) is 14.5. The quantitative estimate of drug-likeness (QED) is 0.487. The molecule has 1 aromatic heterocycles. The first-order valence-electron chi connectivity index (χ1n) is 11.1. The van der Waals surface area contributed by atoms with E-state index in [1.54, 1.807) is 0 Å². The Hall–Kier alpha value is -2.81. The smallest absolute Gasteiger partial charge is 0.159 e. The summed E-state index contributed by atoms with van der Waals surface area (Å²) in [6.45, 7) is 9.63. The first kappa shape index (κ1) is 19.2. The maximum atomic E-state index is 5.21. The standard InChI is InChI=1S/C27H31N3/c1-6-26(3)20-15-11-12-16-22(20)30-24-23(29(5)25(30)27(26,4)7-2)18-17-21(28-24)19-13-9-8-10-14-19/h8-18,25H,6-7H2,1-5H3. The van der Waals surface area contributed by atoms with Gasteiger partial charge in [-0.15, -0.1) is 0 Å². The number of hydrogen-bond acceptors (Lipinski definition) is 3. The van der Waals surface area contributed by atoms with Gasteiger partial charge in [0.2, 0.25) is 0 Å². The van der Waals surface area contributed by atoms with Gasteiger partial charge in [-0.05, 0) is 36.6 Å². The molecule has 0 spiro atoms. The molecule has 3 unspecified atom stereocenters. The summed E-state index contributed by atoms with van der Waals surface area (Å²) in [5.41, 5.74) is 6.34. The lowest BCUT2D eigenvalue weighted by molar-refractivity contribution is 0.0943. The molecule has 3 nitrogen and oxygen atoms in total. The van der Waals surface area contributed by atoms with Crippen molar-refractivity contribution >= 4 is 17.2 Å². The second kappa shape index (κ2) is 6.60. The number of rotatable bonds is 3. The molecule has 3 aromatic rings. The van der Waals surface area contributed by atoms with Crippen LogP contribution in [0.5, 0.6) is 0 Å². The molecule has 154 valence electrons. The Balaban J connectivity index is 1.77. The Kier molecular flexibility index (Phi) is 4.22. The predicted octanol–water partition coefficient (Wildman–Crippen LogP) is 6.76. The van der Waals surface area contributed by atoms with Crippen LogP contribution in [0.1, 0.15) is 46.1 Å². The van der Waals surface area contributed by atoms with Crippen LogP contribution in [0.3, 0.4) is 0 Å². The van der Waals surface area contributed by atoms with E-state index in [0.29, 0.717) is 0 Å². The molecule has 0 N–H and O–H groups in total. The van der Waals surface area contributed by atoms with Gasteiger partial charge < -0.3 is 9.80 Å². The molecule has 30 heavy (non-hydrogen) atoms. The van der Waals surface area contributed by atoms with Crippen LogP contribution in [0.2, 0.25) is 0 Å². The van der Waals surface area contributed by atoms with Crippen molar-refractivity contribution < 1.29 is 0 Å². The van der Waals surface area contributed by atoms with Crippen molar-refractivity contribution in [2.24, 2.45) is 5.41 Å². The van der Waals surface area contributed by atoms with Crippen molar-refractivity contribution in [3.05, 3.63) is 72.3 Å². The lowest BCUT2D eigenvalue weighted by atomic mass is 9.55. The summed E-state index contributed by atoms with van der Waals surface area (Å²) >= 11 is 0. The minimum absolute atomic E-state index is 0.0818. The van der Waals surface area contributed by atoms with Crippen molar-refractivity contribution in [2.75, 3.05) is 16.8 Å². The van der Waals surface area contributed by atoms with E-state index in [2.05, 4.69) is 111 Å². The monoisotopic (exact) mass is 397 g/mol. The Morgan fingerprint density at radius 2 is 1.53 bits per heavy atom. The summed E-state index contributed by atoms with van der Waals surface area (Å²) in [5, 5.41) is 0. The fourth-order valence-electron chi connectivity index (χ4n) is 5.95. The normalized spacial score (nSPS) is 26.9. The van der Waals surface area contributed by atoms with Gasteiger partial charge in [-0.3, -0.25) is 0 Å². The van der Waals surface area contributed by atoms with Gasteiger partial charge in [-0.25, -0.2) is 4.98 Å². The van der Waals surface area contributed by atoms with Gasteiger partial charge in [0.05, 0.1) is 11.4 Å². The fourth-order valence-corrected chi connectivity index (χ4v) is 5.95. The molecular weight excluding hydrogens is 366 g/mol. The zero-order valence-corrected chi connectivity index (χ0v) is 18.7. The zero-order valence-electron chi connectivity index (χ0n) is 18.7. The molecule has 0 saturated heterocycles. The van der Waals surface area contributed by atoms with E-state index in [1.807, 2.05) is 0 Å². The van der Waals surface area contributed by atoms with Gasteiger partial charge in [0.15, 0.2) is 5.82 Å². The molecule has 2 aliphatic rings. The van der Waals surface area contributed by atoms with E-state index in [-0.39, 0.29) is 17.0 Å². The average Bonchev–Trinajstić information content (AvgIpc) is 3.10. The third-order valence-corrected chi connectivity index (χ3v) is 8.17. The number of para-hydroxylation sites is 1. The van der Waals surface area contributed by atoms with Crippen LogP contribution in [0.15, 0.2) is 66.7 Å². The maximum Gasteiger partial charge on any atom is 0.159 e. The number of fused-ring (bicyclic) bond motifs is 5. The minimum Gasteiger partial charge on any atom is -0.350 e. The molecular formula is C27H31N3. The van der Waals surface area contributed by atoms with Gasteiger partial charge in [-0.1, -0.05) is 76.2 Å². The molecule has 0 saturated carbocycles. The van der Waals surface area contributed by atoms with Crippen LogP contribution >= 0.6 is 0 Å². The third-order valence-electron chi connectivity index (χ3n) is 8.17. The van der Waals surface area contributed by atoms with Gasteiger partial charge in [-0.2, -0.15) is 0 Å². The number of nitrogens with zero attached hydrogens (tertiary/aromatic N) is 3. The van der Waals surface area contributed by atoms with Crippen molar-refractivity contribution in [3.63, 3.8) is 0 Å². The lowest BCUT2D eigenvalue weighted by Crippen LogP contribution is -2.62. The van der Waals surface area contributed by atoms with Crippen LogP contribution in [0.25, 0.3) is 11.3 Å². The average molecular weight is 398 g/mol. The molecule has 0 radical (unpaired) electrons. The van der Waals surface area contributed by atoms with Crippen LogP contribution in [0, 0.1) is 5.41 Å². The Bertz CT molecular complexity index is 1090. The summed E-state index contributed by atoms with van der Waals surface area (Å²) < 4.78 is 0. The Labute approximate surface area is 180 Å². The molecule has 2 aromatic carbocycles. The zero-order chi connectivity index (χ0) is 21.1. The predicted molar refractivity (Wildman–Crippen MR) is 126 cm³/mol. The summed E-state index contributed by atoms with van der Waals surface area (Å²) in [5.74, 6) is 1.08. The molecule has 3 heteroatoms. The second-order valence-electron chi connectivity index (χ2n) is 9.23. The highest BCUT2D eigenvalue weighted by atomic mass is 15.5. The van der Waals surface area contributed by atoms with Crippen LogP contribution in [-0.4, -0.2) is 18.2 Å². The Morgan fingerprint density at radius 1 is 0.833 bits per heavy atom. The van der Waals surface area contributed by atoms with Crippen molar-refractivity contribution in [3.8, 4) is 11.3 Å². The fraction of sp³-hybridized carbons (Fsp3) is 0.370. The van der Waals surface area contributed by atoms with Crippen LogP contribution in [-0.2, 0) is 5.41 Å². The molecule has 0 aliphatic carbocycles. The van der Waals surface area contributed by atoms with Gasteiger partial charge in [0.25, 0.3) is 0 Å². The third kappa shape index (κ3) is 2.29.